The zero-order chi connectivity index (χ0) is 32.8. The summed E-state index contributed by atoms with van der Waals surface area (Å²) in [6, 6.07) is 60.2. The first-order valence-electron chi connectivity index (χ1n) is 16.9. The first kappa shape index (κ1) is 27.1. The van der Waals surface area contributed by atoms with Crippen molar-refractivity contribution in [3.63, 3.8) is 0 Å². The third-order valence-electron chi connectivity index (χ3n) is 10.1. The zero-order valence-corrected chi connectivity index (χ0v) is 26.9. The molecule has 0 saturated carbocycles. The SMILES string of the molecule is c1ccc(-c2ccc(-n3c4ccccc4c4cc(-c5ccc6c(c5)n(-c5ccccc5)c5nc7c8ccccc8oc7n65)ccc43)cc2)cc1. The molecular formula is C45H28N4O. The van der Waals surface area contributed by atoms with Crippen molar-refractivity contribution >= 4 is 60.8 Å². The lowest BCUT2D eigenvalue weighted by Crippen LogP contribution is -1.95. The lowest BCUT2D eigenvalue weighted by Gasteiger charge is -2.10. The van der Waals surface area contributed by atoms with Crippen molar-refractivity contribution in [3.8, 4) is 33.6 Å². The quantitative estimate of drug-likeness (QED) is 0.192. The molecule has 11 rings (SSSR count). The summed E-state index contributed by atoms with van der Waals surface area (Å²) >= 11 is 0. The predicted molar refractivity (Wildman–Crippen MR) is 205 cm³/mol. The number of furan rings is 1. The Bertz CT molecular complexity index is 3070. The van der Waals surface area contributed by atoms with E-state index in [-0.39, 0.29) is 0 Å². The topological polar surface area (TPSA) is 40.3 Å². The molecule has 4 aromatic heterocycles. The molecule has 0 spiro atoms. The summed E-state index contributed by atoms with van der Waals surface area (Å²) < 4.78 is 13.2. The molecule has 11 aromatic rings. The van der Waals surface area contributed by atoms with Crippen LogP contribution in [0.1, 0.15) is 0 Å². The summed E-state index contributed by atoms with van der Waals surface area (Å²) in [5.74, 6) is 0.833. The van der Waals surface area contributed by atoms with Gasteiger partial charge in [-0.2, -0.15) is 0 Å². The van der Waals surface area contributed by atoms with Crippen molar-refractivity contribution in [2.24, 2.45) is 0 Å². The average molecular weight is 641 g/mol. The number of fused-ring (bicyclic) bond motifs is 10. The van der Waals surface area contributed by atoms with Crippen LogP contribution in [0.3, 0.4) is 0 Å². The van der Waals surface area contributed by atoms with Crippen molar-refractivity contribution in [1.29, 1.82) is 0 Å². The Morgan fingerprint density at radius 1 is 0.400 bits per heavy atom. The summed E-state index contributed by atoms with van der Waals surface area (Å²) in [5.41, 5.74) is 13.9. The average Bonchev–Trinajstić information content (AvgIpc) is 3.91. The number of nitrogens with zero attached hydrogens (tertiary/aromatic N) is 4. The molecule has 0 unspecified atom stereocenters. The van der Waals surface area contributed by atoms with E-state index in [4.69, 9.17) is 9.40 Å². The van der Waals surface area contributed by atoms with Gasteiger partial charge < -0.3 is 8.98 Å². The highest BCUT2D eigenvalue weighted by atomic mass is 16.3. The van der Waals surface area contributed by atoms with Gasteiger partial charge in [0.1, 0.15) is 11.1 Å². The van der Waals surface area contributed by atoms with Crippen molar-refractivity contribution < 1.29 is 4.42 Å². The standard InChI is InChI=1S/C45H28N4O/c1-3-11-29(12-4-1)30-19-23-34(24-20-30)47-38-17-9-7-15-35(38)37-27-31(21-25-39(37)47)32-22-26-40-41(28-32)48(33-13-5-2-6-14-33)45-46-43-36-16-8-10-18-42(36)50-44(43)49(40)45/h1-28H. The van der Waals surface area contributed by atoms with Gasteiger partial charge in [0.15, 0.2) is 0 Å². The Hall–Kier alpha value is -6.85. The van der Waals surface area contributed by atoms with Crippen LogP contribution in [0.25, 0.3) is 94.4 Å². The Balaban J connectivity index is 1.10. The predicted octanol–water partition coefficient (Wildman–Crippen LogP) is 11.6. The molecule has 0 amide bonds. The highest BCUT2D eigenvalue weighted by Crippen LogP contribution is 2.38. The van der Waals surface area contributed by atoms with Crippen LogP contribution in [0.2, 0.25) is 0 Å². The summed E-state index contributed by atoms with van der Waals surface area (Å²) in [5, 5.41) is 3.48. The van der Waals surface area contributed by atoms with Gasteiger partial charge in [-0.3, -0.25) is 4.57 Å². The van der Waals surface area contributed by atoms with Crippen LogP contribution in [0.15, 0.2) is 174 Å². The van der Waals surface area contributed by atoms with E-state index < -0.39 is 0 Å². The van der Waals surface area contributed by atoms with E-state index in [2.05, 4.69) is 159 Å². The van der Waals surface area contributed by atoms with Crippen LogP contribution < -0.4 is 0 Å². The Kier molecular flexibility index (Phi) is 5.60. The van der Waals surface area contributed by atoms with Gasteiger partial charge in [0, 0.05) is 27.5 Å². The van der Waals surface area contributed by atoms with Crippen molar-refractivity contribution in [3.05, 3.63) is 170 Å². The van der Waals surface area contributed by atoms with Gasteiger partial charge in [0.2, 0.25) is 11.5 Å². The Morgan fingerprint density at radius 3 is 1.82 bits per heavy atom. The second-order valence-electron chi connectivity index (χ2n) is 12.9. The second kappa shape index (κ2) is 10.3. The summed E-state index contributed by atoms with van der Waals surface area (Å²) in [4.78, 5) is 5.18. The smallest absolute Gasteiger partial charge is 0.234 e. The normalized spacial score (nSPS) is 12.0. The van der Waals surface area contributed by atoms with E-state index in [0.717, 1.165) is 61.5 Å². The number of imidazole rings is 2. The van der Waals surface area contributed by atoms with Crippen LogP contribution in [0.4, 0.5) is 0 Å². The molecular weight excluding hydrogens is 613 g/mol. The molecule has 0 radical (unpaired) electrons. The molecule has 0 fully saturated rings. The lowest BCUT2D eigenvalue weighted by molar-refractivity contribution is 0.651. The maximum Gasteiger partial charge on any atom is 0.234 e. The minimum Gasteiger partial charge on any atom is -0.437 e. The summed E-state index contributed by atoms with van der Waals surface area (Å²) in [7, 11) is 0. The third-order valence-corrected chi connectivity index (χ3v) is 10.1. The monoisotopic (exact) mass is 640 g/mol. The van der Waals surface area contributed by atoms with Crippen molar-refractivity contribution in [2.75, 3.05) is 0 Å². The molecule has 0 saturated heterocycles. The van der Waals surface area contributed by atoms with Gasteiger partial charge in [-0.1, -0.05) is 103 Å². The molecule has 4 heterocycles. The van der Waals surface area contributed by atoms with E-state index in [1.165, 1.54) is 32.9 Å². The Morgan fingerprint density at radius 2 is 1.00 bits per heavy atom. The molecule has 234 valence electrons. The van der Waals surface area contributed by atoms with Gasteiger partial charge in [-0.05, 0) is 89.0 Å². The molecule has 0 aliphatic heterocycles. The number of aromatic nitrogens is 4. The number of rotatable bonds is 4. The molecule has 0 N–H and O–H groups in total. The molecule has 5 heteroatoms. The van der Waals surface area contributed by atoms with Crippen molar-refractivity contribution in [2.45, 2.75) is 0 Å². The Labute approximate surface area is 286 Å². The van der Waals surface area contributed by atoms with Crippen LogP contribution in [-0.4, -0.2) is 18.5 Å². The summed E-state index contributed by atoms with van der Waals surface area (Å²) in [6.45, 7) is 0. The largest absolute Gasteiger partial charge is 0.437 e. The van der Waals surface area contributed by atoms with E-state index in [1.54, 1.807) is 0 Å². The first-order chi connectivity index (χ1) is 24.8. The van der Waals surface area contributed by atoms with Gasteiger partial charge in [-0.25, -0.2) is 9.38 Å². The van der Waals surface area contributed by atoms with E-state index in [1.807, 2.05) is 24.3 Å². The van der Waals surface area contributed by atoms with Crippen molar-refractivity contribution in [1.82, 2.24) is 18.5 Å². The zero-order valence-electron chi connectivity index (χ0n) is 26.9. The van der Waals surface area contributed by atoms with Gasteiger partial charge in [0.25, 0.3) is 0 Å². The van der Waals surface area contributed by atoms with Crippen LogP contribution in [0, 0.1) is 0 Å². The van der Waals surface area contributed by atoms with E-state index in [9.17, 15) is 0 Å². The molecule has 50 heavy (non-hydrogen) atoms. The maximum absolute atomic E-state index is 6.42. The van der Waals surface area contributed by atoms with Gasteiger partial charge in [0.05, 0.1) is 22.1 Å². The molecule has 0 aliphatic rings. The fourth-order valence-corrected chi connectivity index (χ4v) is 7.76. The lowest BCUT2D eigenvalue weighted by atomic mass is 10.0. The second-order valence-corrected chi connectivity index (χ2v) is 12.9. The molecule has 0 aliphatic carbocycles. The molecule has 0 bridgehead atoms. The van der Waals surface area contributed by atoms with Crippen LogP contribution >= 0.6 is 0 Å². The molecule has 0 atom stereocenters. The van der Waals surface area contributed by atoms with Crippen LogP contribution in [0.5, 0.6) is 0 Å². The first-order valence-corrected chi connectivity index (χ1v) is 16.9. The van der Waals surface area contributed by atoms with E-state index >= 15 is 0 Å². The van der Waals surface area contributed by atoms with Gasteiger partial charge >= 0.3 is 0 Å². The minimum absolute atomic E-state index is 0.764. The maximum atomic E-state index is 6.42. The number of para-hydroxylation sites is 3. The molecule has 5 nitrogen and oxygen atoms in total. The fraction of sp³-hybridized carbons (Fsp3) is 0. The third kappa shape index (κ3) is 3.86. The molecule has 7 aromatic carbocycles. The number of benzene rings is 7. The highest BCUT2D eigenvalue weighted by molar-refractivity contribution is 6.11. The van der Waals surface area contributed by atoms with Crippen LogP contribution in [-0.2, 0) is 0 Å². The van der Waals surface area contributed by atoms with Gasteiger partial charge in [-0.15, -0.1) is 0 Å². The number of hydrogen-bond acceptors (Lipinski definition) is 2. The summed E-state index contributed by atoms with van der Waals surface area (Å²) in [6.07, 6.45) is 0. The fourth-order valence-electron chi connectivity index (χ4n) is 7.76. The number of hydrogen-bond donors (Lipinski definition) is 0. The minimum atomic E-state index is 0.764. The highest BCUT2D eigenvalue weighted by Gasteiger charge is 2.22. The van der Waals surface area contributed by atoms with E-state index in [0.29, 0.717) is 0 Å².